The minimum absolute atomic E-state index is 0.155. The fourth-order valence-electron chi connectivity index (χ4n) is 4.18. The van der Waals surface area contributed by atoms with Gasteiger partial charge in [-0.2, -0.15) is 0 Å². The lowest BCUT2D eigenvalue weighted by molar-refractivity contribution is -0.157. The van der Waals surface area contributed by atoms with Crippen LogP contribution in [0.15, 0.2) is 54.6 Å². The van der Waals surface area contributed by atoms with E-state index in [1.165, 1.54) is 0 Å². The molecule has 0 spiro atoms. The third kappa shape index (κ3) is 11.0. The highest BCUT2D eigenvalue weighted by molar-refractivity contribution is 5.81. The topological polar surface area (TPSA) is 115 Å². The van der Waals surface area contributed by atoms with Gasteiger partial charge in [0.15, 0.2) is 0 Å². The number of nitrogens with zero attached hydrogens (tertiary/aromatic N) is 1. The van der Waals surface area contributed by atoms with Crippen LogP contribution in [-0.4, -0.2) is 66.5 Å². The van der Waals surface area contributed by atoms with Crippen LogP contribution in [0.4, 0.5) is 9.59 Å². The number of ether oxygens (including phenoxy) is 4. The maximum atomic E-state index is 12.9. The number of carbonyl (C=O) groups excluding carboxylic acids is 3. The number of esters is 1. The first kappa shape index (κ1) is 31.7. The molecule has 1 unspecified atom stereocenters. The Morgan fingerprint density at radius 1 is 0.951 bits per heavy atom. The van der Waals surface area contributed by atoms with Crippen LogP contribution in [0, 0.1) is 0 Å². The molecule has 10 heteroatoms. The Labute approximate surface area is 242 Å². The summed E-state index contributed by atoms with van der Waals surface area (Å²) < 4.78 is 22.2. The summed E-state index contributed by atoms with van der Waals surface area (Å²) in [6.45, 7) is 12.7. The number of amides is 2. The predicted molar refractivity (Wildman–Crippen MR) is 155 cm³/mol. The Kier molecular flexibility index (Phi) is 11.0. The molecule has 3 rings (SSSR count). The molecule has 2 atom stereocenters. The van der Waals surface area contributed by atoms with Gasteiger partial charge in [0.25, 0.3) is 0 Å². The lowest BCUT2D eigenvalue weighted by atomic mass is 10.0. The van der Waals surface area contributed by atoms with E-state index < -0.39 is 29.3 Å². The molecule has 224 valence electrons. The molecule has 10 nitrogen and oxygen atoms in total. The van der Waals surface area contributed by atoms with E-state index >= 15 is 0 Å². The first-order valence-electron chi connectivity index (χ1n) is 13.9. The number of alkyl carbamates (subject to hydrolysis) is 1. The fourth-order valence-corrected chi connectivity index (χ4v) is 4.18. The largest absolute Gasteiger partial charge is 0.494 e. The van der Waals surface area contributed by atoms with Crippen molar-refractivity contribution in [3.8, 4) is 5.75 Å². The number of rotatable bonds is 9. The molecule has 2 amide bonds. The molecule has 1 aliphatic rings. The fraction of sp³-hybridized carbons (Fsp3) is 0.516. The van der Waals surface area contributed by atoms with Crippen LogP contribution >= 0.6 is 0 Å². The van der Waals surface area contributed by atoms with E-state index in [1.54, 1.807) is 46.4 Å². The zero-order valence-electron chi connectivity index (χ0n) is 24.9. The van der Waals surface area contributed by atoms with Crippen molar-refractivity contribution in [1.82, 2.24) is 15.5 Å². The van der Waals surface area contributed by atoms with Crippen LogP contribution in [0.25, 0.3) is 0 Å². The standard InChI is InChI=1S/C31H43N3O7/c1-30(2,3)40-27(35)25(33-28(36)41-31(4,5)6)16-19-38-24-14-12-23(13-15-24)26-20-32-17-18-34(26)29(37)39-21-22-10-8-7-9-11-22/h7-15,25-26,32H,16-21H2,1-6H3,(H,33,36)/t25-,26?/m0/s1. The Morgan fingerprint density at radius 3 is 2.24 bits per heavy atom. The highest BCUT2D eigenvalue weighted by Gasteiger charge is 2.30. The summed E-state index contributed by atoms with van der Waals surface area (Å²) in [6.07, 6.45) is -0.874. The zero-order chi connectivity index (χ0) is 30.0. The smallest absolute Gasteiger partial charge is 0.410 e. The van der Waals surface area contributed by atoms with Crippen LogP contribution in [-0.2, 0) is 25.6 Å². The molecule has 0 aromatic heterocycles. The molecule has 0 bridgehead atoms. The second-order valence-corrected chi connectivity index (χ2v) is 11.9. The van der Waals surface area contributed by atoms with Crippen molar-refractivity contribution in [2.24, 2.45) is 0 Å². The van der Waals surface area contributed by atoms with Gasteiger partial charge in [0.05, 0.1) is 12.6 Å². The summed E-state index contributed by atoms with van der Waals surface area (Å²) in [6, 6.07) is 15.9. The van der Waals surface area contributed by atoms with Gasteiger partial charge in [-0.25, -0.2) is 14.4 Å². The maximum Gasteiger partial charge on any atom is 0.410 e. The Hall–Kier alpha value is -3.79. The zero-order valence-corrected chi connectivity index (χ0v) is 24.9. The van der Waals surface area contributed by atoms with Gasteiger partial charge in [-0.15, -0.1) is 0 Å². The quantitative estimate of drug-likeness (QED) is 0.321. The van der Waals surface area contributed by atoms with Crippen LogP contribution < -0.4 is 15.4 Å². The minimum atomic E-state index is -0.938. The van der Waals surface area contributed by atoms with Crippen molar-refractivity contribution in [3.05, 3.63) is 65.7 Å². The van der Waals surface area contributed by atoms with Gasteiger partial charge in [0.1, 0.15) is 29.6 Å². The number of benzene rings is 2. The number of hydrogen-bond acceptors (Lipinski definition) is 8. The molecule has 0 saturated carbocycles. The van der Waals surface area contributed by atoms with Crippen molar-refractivity contribution in [3.63, 3.8) is 0 Å². The first-order chi connectivity index (χ1) is 19.3. The number of nitrogens with one attached hydrogen (secondary N) is 2. The van der Waals surface area contributed by atoms with E-state index in [4.69, 9.17) is 18.9 Å². The molecular weight excluding hydrogens is 526 g/mol. The van der Waals surface area contributed by atoms with E-state index in [-0.39, 0.29) is 31.8 Å². The summed E-state index contributed by atoms with van der Waals surface area (Å²) in [4.78, 5) is 39.7. The van der Waals surface area contributed by atoms with Crippen molar-refractivity contribution in [2.75, 3.05) is 26.2 Å². The van der Waals surface area contributed by atoms with Crippen molar-refractivity contribution in [1.29, 1.82) is 0 Å². The molecule has 0 aliphatic carbocycles. The molecule has 1 fully saturated rings. The van der Waals surface area contributed by atoms with E-state index in [0.717, 1.165) is 11.1 Å². The average molecular weight is 570 g/mol. The average Bonchev–Trinajstić information content (AvgIpc) is 2.90. The molecule has 2 aromatic rings. The lowest BCUT2D eigenvalue weighted by Gasteiger charge is -2.35. The number of hydrogen-bond donors (Lipinski definition) is 2. The number of piperazine rings is 1. The van der Waals surface area contributed by atoms with E-state index in [0.29, 0.717) is 25.4 Å². The third-order valence-corrected chi connectivity index (χ3v) is 6.01. The summed E-state index contributed by atoms with van der Waals surface area (Å²) in [5.41, 5.74) is 0.462. The van der Waals surface area contributed by atoms with Crippen molar-refractivity contribution >= 4 is 18.2 Å². The van der Waals surface area contributed by atoms with Crippen LogP contribution in [0.1, 0.15) is 65.1 Å². The van der Waals surface area contributed by atoms with Crippen molar-refractivity contribution in [2.45, 2.75) is 77.9 Å². The van der Waals surface area contributed by atoms with Crippen LogP contribution in [0.3, 0.4) is 0 Å². The molecular formula is C31H43N3O7. The third-order valence-electron chi connectivity index (χ3n) is 6.01. The first-order valence-corrected chi connectivity index (χ1v) is 13.9. The SMILES string of the molecule is CC(C)(C)OC(=O)N[C@@H](CCOc1ccc(C2CNCCN2C(=O)OCc2ccccc2)cc1)C(=O)OC(C)(C)C. The summed E-state index contributed by atoms with van der Waals surface area (Å²) in [5.74, 6) is 0.0299. The minimum Gasteiger partial charge on any atom is -0.494 e. The molecule has 2 N–H and O–H groups in total. The molecule has 1 aliphatic heterocycles. The van der Waals surface area contributed by atoms with Gasteiger partial charge >= 0.3 is 18.2 Å². The normalized spacial score (nSPS) is 16.3. The molecule has 0 radical (unpaired) electrons. The van der Waals surface area contributed by atoms with Gasteiger partial charge in [-0.1, -0.05) is 42.5 Å². The highest BCUT2D eigenvalue weighted by atomic mass is 16.6. The van der Waals surface area contributed by atoms with Gasteiger partial charge in [-0.3, -0.25) is 4.90 Å². The monoisotopic (exact) mass is 569 g/mol. The highest BCUT2D eigenvalue weighted by Crippen LogP contribution is 2.25. The second-order valence-electron chi connectivity index (χ2n) is 11.9. The predicted octanol–water partition coefficient (Wildman–Crippen LogP) is 4.97. The van der Waals surface area contributed by atoms with Crippen LogP contribution in [0.2, 0.25) is 0 Å². The summed E-state index contributed by atoms with van der Waals surface area (Å²) in [5, 5.41) is 5.94. The van der Waals surface area contributed by atoms with Gasteiger partial charge < -0.3 is 29.6 Å². The maximum absolute atomic E-state index is 12.9. The van der Waals surface area contributed by atoms with E-state index in [2.05, 4.69) is 10.6 Å². The van der Waals surface area contributed by atoms with Gasteiger partial charge in [-0.05, 0) is 64.8 Å². The molecule has 1 saturated heterocycles. The summed E-state index contributed by atoms with van der Waals surface area (Å²) in [7, 11) is 0. The lowest BCUT2D eigenvalue weighted by Crippen LogP contribution is -2.48. The Balaban J connectivity index is 1.58. The van der Waals surface area contributed by atoms with Gasteiger partial charge in [0, 0.05) is 26.1 Å². The Bertz CT molecular complexity index is 1140. The van der Waals surface area contributed by atoms with E-state index in [9.17, 15) is 14.4 Å². The van der Waals surface area contributed by atoms with Gasteiger partial charge in [0.2, 0.25) is 0 Å². The Morgan fingerprint density at radius 2 is 1.61 bits per heavy atom. The van der Waals surface area contributed by atoms with Crippen molar-refractivity contribution < 1.29 is 33.3 Å². The van der Waals surface area contributed by atoms with Crippen LogP contribution in [0.5, 0.6) is 5.75 Å². The molecule has 1 heterocycles. The summed E-state index contributed by atoms with van der Waals surface area (Å²) >= 11 is 0. The molecule has 41 heavy (non-hydrogen) atoms. The molecule has 2 aromatic carbocycles. The number of carbonyl (C=O) groups is 3. The second kappa shape index (κ2) is 14.2. The van der Waals surface area contributed by atoms with E-state index in [1.807, 2.05) is 54.6 Å².